The minimum Gasteiger partial charge on any atom is -0.508 e. The molecule has 1 aliphatic rings. The summed E-state index contributed by atoms with van der Waals surface area (Å²) >= 11 is 0. The number of aryl methyl sites for hydroxylation is 2. The van der Waals surface area contributed by atoms with Gasteiger partial charge in [0.25, 0.3) is 0 Å². The Labute approximate surface area is 118 Å². The number of phenols is 1. The van der Waals surface area contributed by atoms with Gasteiger partial charge in [-0.3, -0.25) is 0 Å². The molecule has 0 fully saturated rings. The average molecular weight is 272 g/mol. The number of aromatic nitrogens is 3. The molecule has 1 aliphatic carbocycles. The fourth-order valence-corrected chi connectivity index (χ4v) is 2.89. The van der Waals surface area contributed by atoms with E-state index < -0.39 is 0 Å². The molecule has 0 aliphatic heterocycles. The summed E-state index contributed by atoms with van der Waals surface area (Å²) < 4.78 is 2.04. The van der Waals surface area contributed by atoms with Crippen molar-refractivity contribution in [3.63, 3.8) is 0 Å². The molecule has 5 heteroatoms. The highest BCUT2D eigenvalue weighted by Crippen LogP contribution is 2.32. The molecule has 0 saturated heterocycles. The predicted octanol–water partition coefficient (Wildman–Crippen LogP) is 2.17. The van der Waals surface area contributed by atoms with Gasteiger partial charge in [0, 0.05) is 12.6 Å². The number of rotatable bonds is 4. The average Bonchev–Trinajstić information content (AvgIpc) is 2.92. The van der Waals surface area contributed by atoms with Gasteiger partial charge in [0.15, 0.2) is 0 Å². The first kappa shape index (κ1) is 13.1. The highest BCUT2D eigenvalue weighted by Gasteiger charge is 2.20. The van der Waals surface area contributed by atoms with Gasteiger partial charge in [-0.05, 0) is 49.4 Å². The number of hydrogen-bond acceptors (Lipinski definition) is 4. The van der Waals surface area contributed by atoms with Crippen molar-refractivity contribution in [2.75, 3.05) is 0 Å². The summed E-state index contributed by atoms with van der Waals surface area (Å²) in [6.07, 6.45) is 5.13. The summed E-state index contributed by atoms with van der Waals surface area (Å²) in [6, 6.07) is 5.98. The molecular formula is C15H20N4O. The number of hydrogen-bond donors (Lipinski definition) is 2. The molecule has 0 bridgehead atoms. The fraction of sp³-hybridized carbons (Fsp3) is 0.467. The molecule has 5 nitrogen and oxygen atoms in total. The Morgan fingerprint density at radius 2 is 2.35 bits per heavy atom. The monoisotopic (exact) mass is 272 g/mol. The number of fused-ring (bicyclic) bond motifs is 1. The van der Waals surface area contributed by atoms with Crippen LogP contribution in [0.4, 0.5) is 0 Å². The van der Waals surface area contributed by atoms with E-state index in [2.05, 4.69) is 22.4 Å². The van der Waals surface area contributed by atoms with Crippen LogP contribution in [0.1, 0.15) is 42.8 Å². The summed E-state index contributed by atoms with van der Waals surface area (Å²) in [5.74, 6) is 1.30. The van der Waals surface area contributed by atoms with E-state index in [1.54, 1.807) is 12.4 Å². The standard InChI is InChI=1S/C15H20N4O/c1-2-19-10-17-18-15(19)9-16-14-5-3-4-11-6-7-12(20)8-13(11)14/h6-8,10,14,16,20H,2-5,9H2,1H3. The highest BCUT2D eigenvalue weighted by molar-refractivity contribution is 5.38. The molecule has 0 radical (unpaired) electrons. The van der Waals surface area contributed by atoms with Crippen molar-refractivity contribution in [1.29, 1.82) is 0 Å². The molecule has 1 aromatic carbocycles. The molecule has 20 heavy (non-hydrogen) atoms. The van der Waals surface area contributed by atoms with Crippen molar-refractivity contribution in [2.24, 2.45) is 0 Å². The third-order valence-electron chi connectivity index (χ3n) is 3.99. The second-order valence-electron chi connectivity index (χ2n) is 5.24. The van der Waals surface area contributed by atoms with Crippen molar-refractivity contribution in [3.05, 3.63) is 41.5 Å². The summed E-state index contributed by atoms with van der Waals surface area (Å²) in [7, 11) is 0. The van der Waals surface area contributed by atoms with Crippen molar-refractivity contribution >= 4 is 0 Å². The zero-order valence-electron chi connectivity index (χ0n) is 11.7. The van der Waals surface area contributed by atoms with E-state index >= 15 is 0 Å². The predicted molar refractivity (Wildman–Crippen MR) is 76.3 cm³/mol. The van der Waals surface area contributed by atoms with E-state index in [1.165, 1.54) is 17.5 Å². The van der Waals surface area contributed by atoms with Crippen molar-refractivity contribution in [2.45, 2.75) is 45.3 Å². The second kappa shape index (κ2) is 5.63. The van der Waals surface area contributed by atoms with Crippen LogP contribution < -0.4 is 5.32 Å². The molecular weight excluding hydrogens is 252 g/mol. The van der Waals surface area contributed by atoms with E-state index in [-0.39, 0.29) is 6.04 Å². The molecule has 2 N–H and O–H groups in total. The molecule has 3 rings (SSSR count). The fourth-order valence-electron chi connectivity index (χ4n) is 2.89. The van der Waals surface area contributed by atoms with Crippen molar-refractivity contribution in [1.82, 2.24) is 20.1 Å². The summed E-state index contributed by atoms with van der Waals surface area (Å²) in [6.45, 7) is 3.67. The van der Waals surface area contributed by atoms with E-state index in [0.29, 0.717) is 12.3 Å². The van der Waals surface area contributed by atoms with Crippen LogP contribution in [-0.4, -0.2) is 19.9 Å². The van der Waals surface area contributed by atoms with Crippen LogP contribution in [0.15, 0.2) is 24.5 Å². The van der Waals surface area contributed by atoms with Crippen molar-refractivity contribution < 1.29 is 5.11 Å². The van der Waals surface area contributed by atoms with Crippen LogP contribution in [-0.2, 0) is 19.5 Å². The van der Waals surface area contributed by atoms with Crippen LogP contribution in [0.2, 0.25) is 0 Å². The van der Waals surface area contributed by atoms with Gasteiger partial charge in [-0.2, -0.15) is 0 Å². The Balaban J connectivity index is 1.75. The lowest BCUT2D eigenvalue weighted by Crippen LogP contribution is -2.26. The van der Waals surface area contributed by atoms with E-state index in [9.17, 15) is 5.11 Å². The number of nitrogens with zero attached hydrogens (tertiary/aromatic N) is 3. The first-order valence-corrected chi connectivity index (χ1v) is 7.19. The van der Waals surface area contributed by atoms with Crippen LogP contribution in [0.5, 0.6) is 5.75 Å². The molecule has 2 aromatic rings. The zero-order chi connectivity index (χ0) is 13.9. The maximum Gasteiger partial charge on any atom is 0.146 e. The Hall–Kier alpha value is -1.88. The maximum atomic E-state index is 9.69. The van der Waals surface area contributed by atoms with Crippen molar-refractivity contribution in [3.8, 4) is 5.75 Å². The molecule has 0 amide bonds. The van der Waals surface area contributed by atoms with Gasteiger partial charge in [-0.1, -0.05) is 6.07 Å². The third-order valence-corrected chi connectivity index (χ3v) is 3.99. The SMILES string of the molecule is CCn1cnnc1CNC1CCCc2ccc(O)cc21. The number of nitrogens with one attached hydrogen (secondary N) is 1. The lowest BCUT2D eigenvalue weighted by Gasteiger charge is -2.26. The summed E-state index contributed by atoms with van der Waals surface area (Å²) in [5.41, 5.74) is 2.56. The lowest BCUT2D eigenvalue weighted by molar-refractivity contribution is 0.437. The minimum absolute atomic E-state index is 0.285. The van der Waals surface area contributed by atoms with Gasteiger partial charge >= 0.3 is 0 Å². The van der Waals surface area contributed by atoms with Gasteiger partial charge < -0.3 is 15.0 Å². The maximum absolute atomic E-state index is 9.69. The van der Waals surface area contributed by atoms with Crippen LogP contribution >= 0.6 is 0 Å². The number of phenolic OH excluding ortho intramolecular Hbond substituents is 1. The molecule has 1 heterocycles. The quantitative estimate of drug-likeness (QED) is 0.895. The summed E-state index contributed by atoms with van der Waals surface area (Å²) in [5, 5.41) is 21.3. The molecule has 0 spiro atoms. The van der Waals surface area contributed by atoms with Crippen LogP contribution in [0.3, 0.4) is 0 Å². The van der Waals surface area contributed by atoms with E-state index in [0.717, 1.165) is 25.2 Å². The minimum atomic E-state index is 0.285. The first-order valence-electron chi connectivity index (χ1n) is 7.19. The van der Waals surface area contributed by atoms with Crippen LogP contribution in [0.25, 0.3) is 0 Å². The van der Waals surface area contributed by atoms with Crippen LogP contribution in [0, 0.1) is 0 Å². The number of benzene rings is 1. The normalized spacial score (nSPS) is 17.9. The van der Waals surface area contributed by atoms with Gasteiger partial charge in [0.1, 0.15) is 17.9 Å². The largest absolute Gasteiger partial charge is 0.508 e. The summed E-state index contributed by atoms with van der Waals surface area (Å²) in [4.78, 5) is 0. The third kappa shape index (κ3) is 2.54. The van der Waals surface area contributed by atoms with Gasteiger partial charge in [-0.15, -0.1) is 10.2 Å². The zero-order valence-corrected chi connectivity index (χ0v) is 11.7. The molecule has 1 unspecified atom stereocenters. The molecule has 1 aromatic heterocycles. The Morgan fingerprint density at radius 3 is 3.20 bits per heavy atom. The van der Waals surface area contributed by atoms with Gasteiger partial charge in [-0.25, -0.2) is 0 Å². The highest BCUT2D eigenvalue weighted by atomic mass is 16.3. The Bertz CT molecular complexity index is 593. The molecule has 1 atom stereocenters. The van der Waals surface area contributed by atoms with E-state index in [4.69, 9.17) is 0 Å². The lowest BCUT2D eigenvalue weighted by atomic mass is 9.87. The number of aromatic hydroxyl groups is 1. The van der Waals surface area contributed by atoms with Gasteiger partial charge in [0.2, 0.25) is 0 Å². The Kier molecular flexibility index (Phi) is 3.69. The second-order valence-corrected chi connectivity index (χ2v) is 5.24. The Morgan fingerprint density at radius 1 is 1.45 bits per heavy atom. The molecule has 106 valence electrons. The smallest absolute Gasteiger partial charge is 0.146 e. The van der Waals surface area contributed by atoms with Gasteiger partial charge in [0.05, 0.1) is 6.54 Å². The first-order chi connectivity index (χ1) is 9.78. The molecule has 0 saturated carbocycles. The van der Waals surface area contributed by atoms with E-state index in [1.807, 2.05) is 16.7 Å². The topological polar surface area (TPSA) is 63.0 Å².